The Labute approximate surface area is 172 Å². The third-order valence-electron chi connectivity index (χ3n) is 5.60. The lowest BCUT2D eigenvalue weighted by Crippen LogP contribution is -2.23. The van der Waals surface area contributed by atoms with Crippen LogP contribution in [-0.2, 0) is 6.54 Å². The molecule has 0 atom stereocenters. The van der Waals surface area contributed by atoms with Gasteiger partial charge in [0.1, 0.15) is 0 Å². The zero-order chi connectivity index (χ0) is 20.1. The first-order valence-corrected chi connectivity index (χ1v) is 10.6. The van der Waals surface area contributed by atoms with Gasteiger partial charge < -0.3 is 10.6 Å². The fraction of sp³-hybridized carbons (Fsp3) is 0.435. The Hall–Kier alpha value is -2.57. The van der Waals surface area contributed by atoms with E-state index >= 15 is 0 Å². The summed E-state index contributed by atoms with van der Waals surface area (Å²) in [6.45, 7) is 3.81. The lowest BCUT2D eigenvalue weighted by atomic mass is 9.99. The van der Waals surface area contributed by atoms with Gasteiger partial charge in [-0.2, -0.15) is 5.10 Å². The molecule has 0 spiro atoms. The maximum Gasteiger partial charge on any atom is 0.0924 e. The molecule has 0 unspecified atom stereocenters. The summed E-state index contributed by atoms with van der Waals surface area (Å²) in [4.78, 5) is 11.8. The van der Waals surface area contributed by atoms with Gasteiger partial charge in [-0.15, -0.1) is 0 Å². The summed E-state index contributed by atoms with van der Waals surface area (Å²) < 4.78 is 2.00. The minimum atomic E-state index is 0.780. The summed E-state index contributed by atoms with van der Waals surface area (Å²) >= 11 is 0. The van der Waals surface area contributed by atoms with E-state index in [9.17, 15) is 0 Å². The first kappa shape index (κ1) is 19.7. The van der Waals surface area contributed by atoms with Crippen molar-refractivity contribution in [3.8, 4) is 11.3 Å². The first-order chi connectivity index (χ1) is 14.2. The van der Waals surface area contributed by atoms with E-state index in [0.29, 0.717) is 0 Å². The molecule has 0 amide bonds. The Bertz CT molecular complexity index is 990. The molecule has 0 saturated heterocycles. The van der Waals surface area contributed by atoms with Crippen molar-refractivity contribution in [1.82, 2.24) is 24.6 Å². The molecule has 0 bridgehead atoms. The van der Waals surface area contributed by atoms with Crippen LogP contribution in [0.5, 0.6) is 0 Å². The molecule has 3 heterocycles. The highest BCUT2D eigenvalue weighted by atomic mass is 15.3. The normalized spacial score (nSPS) is 15.0. The molecule has 0 aliphatic carbocycles. The molecule has 0 radical (unpaired) electrons. The van der Waals surface area contributed by atoms with Gasteiger partial charge in [0.25, 0.3) is 0 Å². The Kier molecular flexibility index (Phi) is 6.32. The van der Waals surface area contributed by atoms with Gasteiger partial charge in [0.15, 0.2) is 0 Å². The number of aromatic nitrogens is 4. The Morgan fingerprint density at radius 3 is 2.76 bits per heavy atom. The zero-order valence-corrected chi connectivity index (χ0v) is 17.2. The summed E-state index contributed by atoms with van der Waals surface area (Å²) in [6, 6.07) is 6.41. The largest absolute Gasteiger partial charge is 0.330 e. The smallest absolute Gasteiger partial charge is 0.0924 e. The number of hydrogen-bond donors (Lipinski definition) is 1. The predicted molar refractivity (Wildman–Crippen MR) is 118 cm³/mol. The van der Waals surface area contributed by atoms with Crippen molar-refractivity contribution in [2.24, 2.45) is 5.73 Å². The number of aryl methyl sites for hydroxylation is 1. The molecule has 6 heteroatoms. The minimum absolute atomic E-state index is 0.780. The Balaban J connectivity index is 1.49. The molecule has 152 valence electrons. The predicted octanol–water partition coefficient (Wildman–Crippen LogP) is 3.73. The molecule has 1 aliphatic heterocycles. The number of nitrogens with two attached hydrogens (primary N) is 1. The number of likely N-dealkylation sites (N-methyl/N-ethyl adjacent to an activating group) is 1. The highest BCUT2D eigenvalue weighted by Gasteiger charge is 2.11. The maximum atomic E-state index is 5.55. The van der Waals surface area contributed by atoms with Gasteiger partial charge in [0.05, 0.1) is 29.1 Å². The van der Waals surface area contributed by atoms with Gasteiger partial charge in [-0.3, -0.25) is 9.67 Å². The quantitative estimate of drug-likeness (QED) is 0.593. The number of fused-ring (bicyclic) bond motifs is 1. The zero-order valence-electron chi connectivity index (χ0n) is 17.2. The van der Waals surface area contributed by atoms with Crippen molar-refractivity contribution in [3.05, 3.63) is 48.4 Å². The van der Waals surface area contributed by atoms with E-state index in [2.05, 4.69) is 52.5 Å². The minimum Gasteiger partial charge on any atom is -0.330 e. The second-order valence-corrected chi connectivity index (χ2v) is 7.90. The summed E-state index contributed by atoms with van der Waals surface area (Å²) in [6.07, 6.45) is 13.8. The second kappa shape index (κ2) is 9.29. The molecule has 3 aromatic rings. The molecule has 1 aliphatic rings. The highest BCUT2D eigenvalue weighted by molar-refractivity contribution is 5.82. The molecule has 4 rings (SSSR count). The molecular weight excluding hydrogens is 360 g/mol. The van der Waals surface area contributed by atoms with E-state index in [1.165, 1.54) is 24.0 Å². The van der Waals surface area contributed by atoms with Gasteiger partial charge in [0.2, 0.25) is 0 Å². The van der Waals surface area contributed by atoms with E-state index in [1.54, 1.807) is 0 Å². The Morgan fingerprint density at radius 2 is 1.93 bits per heavy atom. The van der Waals surface area contributed by atoms with Gasteiger partial charge in [0, 0.05) is 31.4 Å². The van der Waals surface area contributed by atoms with Gasteiger partial charge in [-0.05, 0) is 56.1 Å². The van der Waals surface area contributed by atoms with Gasteiger partial charge in [-0.25, -0.2) is 4.98 Å². The van der Waals surface area contributed by atoms with E-state index in [-0.39, 0.29) is 0 Å². The molecule has 1 aromatic carbocycles. The van der Waals surface area contributed by atoms with Crippen LogP contribution in [-0.4, -0.2) is 51.3 Å². The average molecular weight is 391 g/mol. The van der Waals surface area contributed by atoms with Gasteiger partial charge in [-0.1, -0.05) is 25.0 Å². The van der Waals surface area contributed by atoms with Crippen LogP contribution >= 0.6 is 0 Å². The van der Waals surface area contributed by atoms with Crippen LogP contribution in [0.2, 0.25) is 0 Å². The van der Waals surface area contributed by atoms with Crippen LogP contribution < -0.4 is 5.73 Å². The molecule has 0 fully saturated rings. The van der Waals surface area contributed by atoms with Crippen molar-refractivity contribution in [3.63, 3.8) is 0 Å². The molecular formula is C23H30N6. The van der Waals surface area contributed by atoms with Crippen LogP contribution in [0.25, 0.3) is 27.9 Å². The first-order valence-electron chi connectivity index (χ1n) is 10.6. The number of hydrogen-bond acceptors (Lipinski definition) is 5. The number of benzene rings is 1. The Morgan fingerprint density at radius 1 is 1.03 bits per heavy atom. The highest BCUT2D eigenvalue weighted by Crippen LogP contribution is 2.25. The van der Waals surface area contributed by atoms with Crippen molar-refractivity contribution < 1.29 is 0 Å². The lowest BCUT2D eigenvalue weighted by Gasteiger charge is -2.22. The van der Waals surface area contributed by atoms with Crippen LogP contribution in [0.3, 0.4) is 0 Å². The van der Waals surface area contributed by atoms with E-state index in [4.69, 9.17) is 10.7 Å². The average Bonchev–Trinajstić information content (AvgIpc) is 3.22. The molecule has 0 saturated carbocycles. The van der Waals surface area contributed by atoms with Crippen LogP contribution in [0.4, 0.5) is 0 Å². The molecule has 2 N–H and O–H groups in total. The van der Waals surface area contributed by atoms with Crippen LogP contribution in [0, 0.1) is 0 Å². The monoisotopic (exact) mass is 390 g/mol. The van der Waals surface area contributed by atoms with E-state index in [1.807, 2.05) is 17.1 Å². The van der Waals surface area contributed by atoms with Gasteiger partial charge >= 0.3 is 0 Å². The van der Waals surface area contributed by atoms with Crippen molar-refractivity contribution in [2.75, 3.05) is 26.7 Å². The third-order valence-corrected chi connectivity index (χ3v) is 5.60. The fourth-order valence-electron chi connectivity index (χ4n) is 3.77. The third kappa shape index (κ3) is 4.89. The molecule has 2 aromatic heterocycles. The van der Waals surface area contributed by atoms with E-state index < -0.39 is 0 Å². The SMILES string of the molecule is CN1CC=C(c2ccc3ncc(-c4cnn(CCCCCCN)c4)nc3c2)CC1. The standard InChI is InChI=1S/C23H30N6/c1-28-12-8-18(9-13-28)19-6-7-21-22(14-19)27-23(16-25-21)20-15-26-29(17-20)11-5-3-2-4-10-24/h6-8,14-17H,2-5,9-13,24H2,1H3. The summed E-state index contributed by atoms with van der Waals surface area (Å²) in [5, 5.41) is 4.50. The molecule has 6 nitrogen and oxygen atoms in total. The summed E-state index contributed by atoms with van der Waals surface area (Å²) in [5.74, 6) is 0. The number of unbranched alkanes of at least 4 members (excludes halogenated alkanes) is 3. The van der Waals surface area contributed by atoms with Crippen molar-refractivity contribution in [2.45, 2.75) is 38.6 Å². The second-order valence-electron chi connectivity index (χ2n) is 7.90. The maximum absolute atomic E-state index is 5.55. The fourth-order valence-corrected chi connectivity index (χ4v) is 3.77. The summed E-state index contributed by atoms with van der Waals surface area (Å²) in [5.41, 5.74) is 12.0. The number of rotatable bonds is 8. The van der Waals surface area contributed by atoms with Crippen LogP contribution in [0.1, 0.15) is 37.7 Å². The van der Waals surface area contributed by atoms with Crippen LogP contribution in [0.15, 0.2) is 42.9 Å². The summed E-state index contributed by atoms with van der Waals surface area (Å²) in [7, 11) is 2.16. The van der Waals surface area contributed by atoms with E-state index in [0.717, 1.165) is 67.7 Å². The van der Waals surface area contributed by atoms with Crippen molar-refractivity contribution >= 4 is 16.6 Å². The lowest BCUT2D eigenvalue weighted by molar-refractivity contribution is 0.370. The number of nitrogens with zero attached hydrogens (tertiary/aromatic N) is 5. The topological polar surface area (TPSA) is 72.9 Å². The molecule has 29 heavy (non-hydrogen) atoms. The van der Waals surface area contributed by atoms with Crippen molar-refractivity contribution in [1.29, 1.82) is 0 Å².